The van der Waals surface area contributed by atoms with Crippen molar-refractivity contribution in [3.05, 3.63) is 0 Å². The van der Waals surface area contributed by atoms with E-state index in [0.29, 0.717) is 18.2 Å². The maximum absolute atomic E-state index is 12.3. The number of carbonyl (C=O) groups is 3. The molecule has 0 aliphatic carbocycles. The van der Waals surface area contributed by atoms with Crippen LogP contribution in [0, 0.1) is 0 Å². The summed E-state index contributed by atoms with van der Waals surface area (Å²) in [5.41, 5.74) is 0. The number of nitrogens with zero attached hydrogens (tertiary/aromatic N) is 2. The van der Waals surface area contributed by atoms with Gasteiger partial charge in [0.1, 0.15) is 6.04 Å². The molecule has 2 saturated heterocycles. The van der Waals surface area contributed by atoms with Crippen LogP contribution in [-0.4, -0.2) is 83.5 Å². The van der Waals surface area contributed by atoms with Crippen molar-refractivity contribution >= 4 is 29.7 Å². The highest BCUT2D eigenvalue weighted by Gasteiger charge is 2.39. The summed E-state index contributed by atoms with van der Waals surface area (Å²) < 4.78 is 9.83. The third-order valence-electron chi connectivity index (χ3n) is 3.21. The molecule has 2 heterocycles. The number of amides is 2. The topological polar surface area (TPSA) is 96.4 Å². The van der Waals surface area contributed by atoms with Gasteiger partial charge in [-0.25, -0.2) is 14.4 Å². The van der Waals surface area contributed by atoms with Crippen LogP contribution >= 0.6 is 11.8 Å². The van der Waals surface area contributed by atoms with Crippen molar-refractivity contribution in [2.24, 2.45) is 0 Å². The Labute approximate surface area is 120 Å². The van der Waals surface area contributed by atoms with Crippen LogP contribution in [0.15, 0.2) is 0 Å². The molecule has 2 fully saturated rings. The molecule has 112 valence electrons. The van der Waals surface area contributed by atoms with Crippen LogP contribution in [0.5, 0.6) is 0 Å². The summed E-state index contributed by atoms with van der Waals surface area (Å²) in [6.45, 7) is 0.642. The number of morpholine rings is 1. The summed E-state index contributed by atoms with van der Waals surface area (Å²) in [6, 6.07) is -1.19. The summed E-state index contributed by atoms with van der Waals surface area (Å²) >= 11 is 1.40. The minimum absolute atomic E-state index is 0.0824. The minimum Gasteiger partial charge on any atom is -0.480 e. The van der Waals surface area contributed by atoms with Gasteiger partial charge in [-0.15, -0.1) is 11.8 Å². The van der Waals surface area contributed by atoms with Crippen molar-refractivity contribution in [3.8, 4) is 0 Å². The molecule has 0 radical (unpaired) electrons. The van der Waals surface area contributed by atoms with E-state index in [2.05, 4.69) is 4.74 Å². The average Bonchev–Trinajstić information content (AvgIpc) is 2.95. The number of aliphatic carboxylic acids is 1. The summed E-state index contributed by atoms with van der Waals surface area (Å²) in [7, 11) is 1.25. The van der Waals surface area contributed by atoms with Gasteiger partial charge in [0.15, 0.2) is 6.10 Å². The number of hydrogen-bond acceptors (Lipinski definition) is 6. The molecule has 2 rings (SSSR count). The molecular formula is C11H16N2O6S. The Morgan fingerprint density at radius 3 is 2.80 bits per heavy atom. The molecule has 2 aliphatic heterocycles. The summed E-state index contributed by atoms with van der Waals surface area (Å²) in [5.74, 6) is -0.823. The zero-order chi connectivity index (χ0) is 14.7. The number of carboxylic acid groups (broad SMARTS) is 1. The Balaban J connectivity index is 2.01. The zero-order valence-electron chi connectivity index (χ0n) is 11.0. The molecule has 0 spiro atoms. The molecule has 1 unspecified atom stereocenters. The molecule has 1 N–H and O–H groups in total. The van der Waals surface area contributed by atoms with Gasteiger partial charge in [-0.05, 0) is 0 Å². The molecule has 9 heteroatoms. The molecule has 20 heavy (non-hydrogen) atoms. The normalized spacial score (nSPS) is 26.4. The van der Waals surface area contributed by atoms with E-state index < -0.39 is 24.1 Å². The number of ether oxygens (including phenoxy) is 2. The predicted octanol–water partition coefficient (Wildman–Crippen LogP) is -0.560. The van der Waals surface area contributed by atoms with Gasteiger partial charge in [-0.3, -0.25) is 0 Å². The second-order valence-electron chi connectivity index (χ2n) is 4.43. The van der Waals surface area contributed by atoms with E-state index in [1.807, 2.05) is 0 Å². The fraction of sp³-hybridized carbons (Fsp3) is 0.727. The third kappa shape index (κ3) is 2.98. The van der Waals surface area contributed by atoms with Crippen LogP contribution < -0.4 is 0 Å². The van der Waals surface area contributed by atoms with E-state index in [9.17, 15) is 14.4 Å². The number of methoxy groups -OCH3 is 1. The highest BCUT2D eigenvalue weighted by Crippen LogP contribution is 2.23. The maximum atomic E-state index is 12.3. The number of rotatable bonds is 2. The lowest BCUT2D eigenvalue weighted by Gasteiger charge is -2.35. The van der Waals surface area contributed by atoms with Crippen molar-refractivity contribution in [2.45, 2.75) is 12.1 Å². The monoisotopic (exact) mass is 304 g/mol. The second kappa shape index (κ2) is 6.31. The fourth-order valence-corrected chi connectivity index (χ4v) is 3.25. The molecule has 2 atom stereocenters. The first kappa shape index (κ1) is 14.9. The lowest BCUT2D eigenvalue weighted by Crippen LogP contribution is -2.55. The highest BCUT2D eigenvalue weighted by molar-refractivity contribution is 7.99. The van der Waals surface area contributed by atoms with Crippen molar-refractivity contribution in [1.82, 2.24) is 9.80 Å². The van der Waals surface area contributed by atoms with Gasteiger partial charge < -0.3 is 24.4 Å². The zero-order valence-corrected chi connectivity index (χ0v) is 11.8. The minimum atomic E-state index is -1.01. The number of urea groups is 1. The Morgan fingerprint density at radius 2 is 2.15 bits per heavy atom. The van der Waals surface area contributed by atoms with Gasteiger partial charge in [-0.1, -0.05) is 0 Å². The van der Waals surface area contributed by atoms with Crippen LogP contribution in [0.3, 0.4) is 0 Å². The van der Waals surface area contributed by atoms with Gasteiger partial charge in [0.2, 0.25) is 0 Å². The van der Waals surface area contributed by atoms with Gasteiger partial charge in [0, 0.05) is 12.3 Å². The first-order chi connectivity index (χ1) is 9.54. The number of thioether (sulfide) groups is 1. The maximum Gasteiger partial charge on any atom is 0.336 e. The van der Waals surface area contributed by atoms with E-state index in [-0.39, 0.29) is 19.2 Å². The largest absolute Gasteiger partial charge is 0.480 e. The van der Waals surface area contributed by atoms with Crippen LogP contribution in [0.2, 0.25) is 0 Å². The van der Waals surface area contributed by atoms with Gasteiger partial charge in [0.05, 0.1) is 26.1 Å². The van der Waals surface area contributed by atoms with Crippen LogP contribution in [0.25, 0.3) is 0 Å². The molecule has 0 saturated carbocycles. The van der Waals surface area contributed by atoms with Gasteiger partial charge in [0.25, 0.3) is 0 Å². The number of hydrogen-bond donors (Lipinski definition) is 1. The van der Waals surface area contributed by atoms with Crippen LogP contribution in [-0.2, 0) is 19.1 Å². The first-order valence-corrected chi connectivity index (χ1v) is 7.25. The molecule has 8 nitrogen and oxygen atoms in total. The van der Waals surface area contributed by atoms with E-state index in [0.717, 1.165) is 0 Å². The Hall–Kier alpha value is -1.48. The summed E-state index contributed by atoms with van der Waals surface area (Å²) in [5, 5.41) is 9.08. The molecule has 2 aliphatic rings. The smallest absolute Gasteiger partial charge is 0.336 e. The summed E-state index contributed by atoms with van der Waals surface area (Å²) in [4.78, 5) is 37.6. The second-order valence-corrected chi connectivity index (χ2v) is 5.43. The number of carboxylic acids is 1. The Bertz CT molecular complexity index is 418. The van der Waals surface area contributed by atoms with Crippen molar-refractivity contribution in [1.29, 1.82) is 0 Å². The van der Waals surface area contributed by atoms with E-state index >= 15 is 0 Å². The van der Waals surface area contributed by atoms with Gasteiger partial charge in [-0.2, -0.15) is 0 Å². The fourth-order valence-electron chi connectivity index (χ4n) is 2.11. The Kier molecular flexibility index (Phi) is 4.71. The quantitative estimate of drug-likeness (QED) is 0.683. The Morgan fingerprint density at radius 1 is 1.40 bits per heavy atom. The van der Waals surface area contributed by atoms with E-state index in [1.54, 1.807) is 0 Å². The van der Waals surface area contributed by atoms with Crippen molar-refractivity contribution in [2.75, 3.05) is 38.4 Å². The van der Waals surface area contributed by atoms with Crippen molar-refractivity contribution < 1.29 is 29.0 Å². The molecule has 0 aromatic carbocycles. The number of esters is 1. The average molecular weight is 304 g/mol. The highest BCUT2D eigenvalue weighted by atomic mass is 32.2. The first-order valence-electron chi connectivity index (χ1n) is 6.10. The number of carbonyl (C=O) groups excluding carboxylic acids is 2. The molecule has 0 aromatic rings. The molecule has 0 bridgehead atoms. The van der Waals surface area contributed by atoms with Crippen LogP contribution in [0.1, 0.15) is 0 Å². The lowest BCUT2D eigenvalue weighted by atomic mass is 10.2. The molecule has 0 aromatic heterocycles. The third-order valence-corrected chi connectivity index (χ3v) is 4.23. The SMILES string of the molecule is COC(=O)C1CN(C(=O)N2CSC[C@H]2C(=O)O)CCO1. The predicted molar refractivity (Wildman–Crippen MR) is 69.3 cm³/mol. The summed E-state index contributed by atoms with van der Waals surface area (Å²) in [6.07, 6.45) is -0.809. The van der Waals surface area contributed by atoms with E-state index in [4.69, 9.17) is 9.84 Å². The van der Waals surface area contributed by atoms with E-state index in [1.165, 1.54) is 28.7 Å². The van der Waals surface area contributed by atoms with Gasteiger partial charge >= 0.3 is 18.0 Å². The molecule has 2 amide bonds. The van der Waals surface area contributed by atoms with Crippen molar-refractivity contribution in [3.63, 3.8) is 0 Å². The van der Waals surface area contributed by atoms with Crippen LogP contribution in [0.4, 0.5) is 4.79 Å². The molecular weight excluding hydrogens is 288 g/mol. The lowest BCUT2D eigenvalue weighted by molar-refractivity contribution is -0.158. The standard InChI is InChI=1S/C11H16N2O6S/c1-18-10(16)8-4-12(2-3-19-8)11(17)13-6-20-5-7(13)9(14)15/h7-8H,2-6H2,1H3,(H,14,15)/t7-,8?/m0/s1.